The van der Waals surface area contributed by atoms with Crippen LogP contribution >= 0.6 is 0 Å². The second-order valence-corrected chi connectivity index (χ2v) is 5.59. The van der Waals surface area contributed by atoms with Crippen molar-refractivity contribution in [1.29, 1.82) is 0 Å². The van der Waals surface area contributed by atoms with Gasteiger partial charge in [0.1, 0.15) is 0 Å². The second-order valence-electron chi connectivity index (χ2n) is 5.59. The zero-order valence-electron chi connectivity index (χ0n) is 11.2. The zero-order valence-corrected chi connectivity index (χ0v) is 11.2. The van der Waals surface area contributed by atoms with E-state index in [9.17, 15) is 5.11 Å². The number of nitrogens with zero attached hydrogens (tertiary/aromatic N) is 2. The van der Waals surface area contributed by atoms with Crippen molar-refractivity contribution in [1.82, 2.24) is 15.1 Å². The maximum Gasteiger partial charge on any atom is 0.0628 e. The van der Waals surface area contributed by atoms with Gasteiger partial charge in [-0.05, 0) is 46.1 Å². The fourth-order valence-corrected chi connectivity index (χ4v) is 2.13. The predicted octanol–water partition coefficient (Wildman–Crippen LogP) is 1.31. The van der Waals surface area contributed by atoms with Crippen LogP contribution in [0.5, 0.6) is 0 Å². The lowest BCUT2D eigenvalue weighted by Crippen LogP contribution is -2.50. The number of aliphatic hydroxyl groups excluding tert-OH is 1. The van der Waals surface area contributed by atoms with Crippen molar-refractivity contribution >= 4 is 0 Å². The minimum atomic E-state index is -0.267. The largest absolute Gasteiger partial charge is 0.394 e. The van der Waals surface area contributed by atoms with E-state index in [1.165, 1.54) is 24.1 Å². The monoisotopic (exact) mass is 237 g/mol. The maximum absolute atomic E-state index is 9.59. The number of aromatic nitrogens is 2. The Bertz CT molecular complexity index is 409. The summed E-state index contributed by atoms with van der Waals surface area (Å²) in [6.45, 7) is 9.14. The quantitative estimate of drug-likeness (QED) is 0.812. The average molecular weight is 237 g/mol. The summed E-state index contributed by atoms with van der Waals surface area (Å²) in [4.78, 5) is 0. The van der Waals surface area contributed by atoms with Gasteiger partial charge >= 0.3 is 0 Å². The van der Waals surface area contributed by atoms with E-state index < -0.39 is 0 Å². The van der Waals surface area contributed by atoms with Crippen LogP contribution in [-0.2, 0) is 6.54 Å². The average Bonchev–Trinajstić information content (AvgIpc) is 3.05. The lowest BCUT2D eigenvalue weighted by Gasteiger charge is -2.29. The molecule has 0 bridgehead atoms. The SMILES string of the molecule is Cc1nn(CC(C)(CO)NC2CC2)c(C)c1C. The second kappa shape index (κ2) is 4.42. The Balaban J connectivity index is 2.13. The van der Waals surface area contributed by atoms with Gasteiger partial charge in [0.2, 0.25) is 0 Å². The van der Waals surface area contributed by atoms with Crippen LogP contribution in [-0.4, -0.2) is 33.1 Å². The molecule has 1 aromatic heterocycles. The van der Waals surface area contributed by atoms with E-state index in [0.29, 0.717) is 6.04 Å². The molecule has 96 valence electrons. The van der Waals surface area contributed by atoms with E-state index in [-0.39, 0.29) is 12.1 Å². The summed E-state index contributed by atoms with van der Waals surface area (Å²) in [7, 11) is 0. The molecule has 1 aliphatic carbocycles. The van der Waals surface area contributed by atoms with Crippen molar-refractivity contribution in [3.63, 3.8) is 0 Å². The summed E-state index contributed by atoms with van der Waals surface area (Å²) in [5, 5.41) is 17.6. The van der Waals surface area contributed by atoms with Crippen molar-refractivity contribution in [3.05, 3.63) is 17.0 Å². The van der Waals surface area contributed by atoms with Crippen LogP contribution in [0, 0.1) is 20.8 Å². The molecule has 1 atom stereocenters. The summed E-state index contributed by atoms with van der Waals surface area (Å²) in [6, 6.07) is 0.588. The first-order chi connectivity index (χ1) is 7.95. The fourth-order valence-electron chi connectivity index (χ4n) is 2.13. The molecule has 0 spiro atoms. The Morgan fingerprint density at radius 3 is 2.47 bits per heavy atom. The third-order valence-corrected chi connectivity index (χ3v) is 3.72. The standard InChI is InChI=1S/C13H23N3O/c1-9-10(2)15-16(11(9)3)7-13(4,8-17)14-12-5-6-12/h12,14,17H,5-8H2,1-4H3. The van der Waals surface area contributed by atoms with Gasteiger partial charge in [-0.2, -0.15) is 5.10 Å². The first-order valence-corrected chi connectivity index (χ1v) is 6.34. The van der Waals surface area contributed by atoms with Crippen LogP contribution in [0.25, 0.3) is 0 Å². The third-order valence-electron chi connectivity index (χ3n) is 3.72. The van der Waals surface area contributed by atoms with Crippen LogP contribution in [0.4, 0.5) is 0 Å². The molecule has 4 nitrogen and oxygen atoms in total. The summed E-state index contributed by atoms with van der Waals surface area (Å²) < 4.78 is 2.01. The molecular formula is C13H23N3O. The van der Waals surface area contributed by atoms with Crippen molar-refractivity contribution < 1.29 is 5.11 Å². The van der Waals surface area contributed by atoms with Gasteiger partial charge in [-0.25, -0.2) is 0 Å². The van der Waals surface area contributed by atoms with Crippen LogP contribution in [0.15, 0.2) is 0 Å². The summed E-state index contributed by atoms with van der Waals surface area (Å²) in [5.41, 5.74) is 3.25. The molecule has 1 aromatic rings. The molecule has 1 heterocycles. The van der Waals surface area contributed by atoms with E-state index in [1.54, 1.807) is 0 Å². The Labute approximate surface area is 103 Å². The van der Waals surface area contributed by atoms with E-state index in [4.69, 9.17) is 0 Å². The number of aliphatic hydroxyl groups is 1. The molecule has 1 unspecified atom stereocenters. The van der Waals surface area contributed by atoms with Gasteiger partial charge in [0, 0.05) is 11.7 Å². The first-order valence-electron chi connectivity index (χ1n) is 6.34. The van der Waals surface area contributed by atoms with Crippen molar-refractivity contribution in [3.8, 4) is 0 Å². The fraction of sp³-hybridized carbons (Fsp3) is 0.769. The molecule has 1 fully saturated rings. The van der Waals surface area contributed by atoms with Gasteiger partial charge in [-0.1, -0.05) is 0 Å². The Morgan fingerprint density at radius 1 is 1.41 bits per heavy atom. The van der Waals surface area contributed by atoms with Crippen LogP contribution in [0.3, 0.4) is 0 Å². The topological polar surface area (TPSA) is 50.1 Å². The molecule has 0 saturated heterocycles. The number of nitrogens with one attached hydrogen (secondary N) is 1. The van der Waals surface area contributed by atoms with Gasteiger partial charge in [0.05, 0.1) is 24.4 Å². The highest BCUT2D eigenvalue weighted by Crippen LogP contribution is 2.23. The van der Waals surface area contributed by atoms with Crippen LogP contribution in [0.1, 0.15) is 36.7 Å². The minimum absolute atomic E-state index is 0.140. The van der Waals surface area contributed by atoms with Crippen molar-refractivity contribution in [2.24, 2.45) is 0 Å². The first kappa shape index (κ1) is 12.6. The Kier molecular flexibility index (Phi) is 3.27. The van der Waals surface area contributed by atoms with E-state index in [2.05, 4.69) is 31.2 Å². The molecule has 0 aliphatic heterocycles. The van der Waals surface area contributed by atoms with Gasteiger partial charge in [-0.15, -0.1) is 0 Å². The van der Waals surface area contributed by atoms with Gasteiger partial charge < -0.3 is 10.4 Å². The lowest BCUT2D eigenvalue weighted by atomic mass is 10.0. The molecule has 4 heteroatoms. The highest BCUT2D eigenvalue weighted by atomic mass is 16.3. The number of hydrogen-bond donors (Lipinski definition) is 2. The molecule has 2 N–H and O–H groups in total. The highest BCUT2D eigenvalue weighted by Gasteiger charge is 2.33. The number of hydrogen-bond acceptors (Lipinski definition) is 3. The van der Waals surface area contributed by atoms with E-state index >= 15 is 0 Å². The van der Waals surface area contributed by atoms with Crippen molar-refractivity contribution in [2.75, 3.05) is 6.61 Å². The Morgan fingerprint density at radius 2 is 2.06 bits per heavy atom. The van der Waals surface area contributed by atoms with E-state index in [0.717, 1.165) is 12.2 Å². The smallest absolute Gasteiger partial charge is 0.0628 e. The molecule has 2 rings (SSSR count). The summed E-state index contributed by atoms with van der Waals surface area (Å²) in [5.74, 6) is 0. The predicted molar refractivity (Wildman–Crippen MR) is 68.1 cm³/mol. The molecular weight excluding hydrogens is 214 g/mol. The number of aryl methyl sites for hydroxylation is 1. The number of rotatable bonds is 5. The molecule has 0 radical (unpaired) electrons. The molecule has 0 amide bonds. The van der Waals surface area contributed by atoms with Gasteiger partial charge in [0.25, 0.3) is 0 Å². The van der Waals surface area contributed by atoms with Crippen LogP contribution in [0.2, 0.25) is 0 Å². The highest BCUT2D eigenvalue weighted by molar-refractivity contribution is 5.22. The van der Waals surface area contributed by atoms with Crippen molar-refractivity contribution in [2.45, 2.75) is 58.7 Å². The lowest BCUT2D eigenvalue weighted by molar-refractivity contribution is 0.150. The molecule has 1 aliphatic rings. The van der Waals surface area contributed by atoms with Crippen LogP contribution < -0.4 is 5.32 Å². The van der Waals surface area contributed by atoms with E-state index in [1.807, 2.05) is 11.6 Å². The molecule has 17 heavy (non-hydrogen) atoms. The molecule has 1 saturated carbocycles. The minimum Gasteiger partial charge on any atom is -0.394 e. The third kappa shape index (κ3) is 2.69. The Hall–Kier alpha value is -0.870. The van der Waals surface area contributed by atoms with Gasteiger partial charge in [-0.3, -0.25) is 4.68 Å². The summed E-state index contributed by atoms with van der Waals surface area (Å²) >= 11 is 0. The normalized spacial score (nSPS) is 19.4. The zero-order chi connectivity index (χ0) is 12.6. The molecule has 0 aromatic carbocycles. The van der Waals surface area contributed by atoms with Gasteiger partial charge in [0.15, 0.2) is 0 Å². The summed E-state index contributed by atoms with van der Waals surface area (Å²) in [6.07, 6.45) is 2.46. The maximum atomic E-state index is 9.59.